The summed E-state index contributed by atoms with van der Waals surface area (Å²) < 4.78 is 13.2. The monoisotopic (exact) mass is 393 g/mol. The number of ether oxygens (including phenoxy) is 2. The van der Waals surface area contributed by atoms with Crippen molar-refractivity contribution in [3.05, 3.63) is 65.4 Å². The molecule has 2 aromatic carbocycles. The minimum absolute atomic E-state index is 0.0596. The van der Waals surface area contributed by atoms with E-state index in [4.69, 9.17) is 9.47 Å². The molecule has 152 valence electrons. The van der Waals surface area contributed by atoms with Crippen molar-refractivity contribution in [2.24, 2.45) is 5.92 Å². The number of aromatic nitrogens is 1. The molecule has 0 bridgehead atoms. The van der Waals surface area contributed by atoms with Gasteiger partial charge < -0.3 is 14.0 Å². The van der Waals surface area contributed by atoms with Crippen LogP contribution in [-0.4, -0.2) is 29.5 Å². The zero-order valence-corrected chi connectivity index (χ0v) is 17.4. The summed E-state index contributed by atoms with van der Waals surface area (Å²) in [5.74, 6) is 0.549. The Morgan fingerprint density at radius 2 is 1.79 bits per heavy atom. The summed E-state index contributed by atoms with van der Waals surface area (Å²) in [6.07, 6.45) is 0. The third-order valence-corrected chi connectivity index (χ3v) is 4.79. The van der Waals surface area contributed by atoms with Crippen LogP contribution in [0, 0.1) is 12.8 Å². The second kappa shape index (κ2) is 8.95. The van der Waals surface area contributed by atoms with Crippen molar-refractivity contribution < 1.29 is 19.1 Å². The fourth-order valence-corrected chi connectivity index (χ4v) is 3.47. The molecule has 3 aromatic rings. The van der Waals surface area contributed by atoms with E-state index >= 15 is 0 Å². The molecule has 5 nitrogen and oxygen atoms in total. The standard InChI is InChI=1S/C24H27NO4/c1-5-28-24(27)23-17(4)25(14-16(2)3)21-12-11-19(13-20(21)23)29-15-22(26)18-9-7-6-8-10-18/h6-13,16H,5,14-15H2,1-4H3. The Labute approximate surface area is 171 Å². The maximum absolute atomic E-state index is 12.6. The number of hydrogen-bond donors (Lipinski definition) is 0. The Balaban J connectivity index is 1.93. The lowest BCUT2D eigenvalue weighted by Crippen LogP contribution is -2.11. The molecule has 0 fully saturated rings. The smallest absolute Gasteiger partial charge is 0.340 e. The molecule has 0 spiro atoms. The van der Waals surface area contributed by atoms with Gasteiger partial charge >= 0.3 is 5.97 Å². The molecule has 0 aliphatic carbocycles. The lowest BCUT2D eigenvalue weighted by atomic mass is 10.1. The highest BCUT2D eigenvalue weighted by molar-refractivity contribution is 6.06. The zero-order valence-electron chi connectivity index (χ0n) is 17.4. The van der Waals surface area contributed by atoms with Gasteiger partial charge in [-0.05, 0) is 38.0 Å². The van der Waals surface area contributed by atoms with E-state index in [-0.39, 0.29) is 18.4 Å². The van der Waals surface area contributed by atoms with Crippen LogP contribution in [0.3, 0.4) is 0 Å². The first-order valence-corrected chi connectivity index (χ1v) is 9.93. The Morgan fingerprint density at radius 1 is 1.07 bits per heavy atom. The predicted octanol–water partition coefficient (Wildman–Crippen LogP) is 5.04. The van der Waals surface area contributed by atoms with E-state index in [9.17, 15) is 9.59 Å². The van der Waals surface area contributed by atoms with E-state index in [1.807, 2.05) is 43.3 Å². The Hall–Kier alpha value is -3.08. The number of esters is 1. The highest BCUT2D eigenvalue weighted by Crippen LogP contribution is 2.31. The van der Waals surface area contributed by atoms with E-state index in [0.717, 1.165) is 23.1 Å². The Bertz CT molecular complexity index is 1020. The van der Waals surface area contributed by atoms with Gasteiger partial charge in [-0.15, -0.1) is 0 Å². The molecule has 3 rings (SSSR count). The molecule has 29 heavy (non-hydrogen) atoms. The summed E-state index contributed by atoms with van der Waals surface area (Å²) in [4.78, 5) is 24.9. The minimum Gasteiger partial charge on any atom is -0.485 e. The van der Waals surface area contributed by atoms with Gasteiger partial charge in [0.05, 0.1) is 12.2 Å². The first-order chi connectivity index (χ1) is 13.9. The molecule has 0 aliphatic rings. The van der Waals surface area contributed by atoms with Crippen LogP contribution in [-0.2, 0) is 11.3 Å². The van der Waals surface area contributed by atoms with Crippen LogP contribution in [0.15, 0.2) is 48.5 Å². The van der Waals surface area contributed by atoms with Crippen molar-refractivity contribution in [3.8, 4) is 5.75 Å². The average molecular weight is 393 g/mol. The average Bonchev–Trinajstić information content (AvgIpc) is 2.97. The zero-order chi connectivity index (χ0) is 21.0. The van der Waals surface area contributed by atoms with Gasteiger partial charge in [-0.25, -0.2) is 4.79 Å². The molecule has 0 aliphatic heterocycles. The largest absolute Gasteiger partial charge is 0.485 e. The number of nitrogens with zero attached hydrogens (tertiary/aromatic N) is 1. The van der Waals surface area contributed by atoms with Crippen molar-refractivity contribution in [2.75, 3.05) is 13.2 Å². The van der Waals surface area contributed by atoms with E-state index in [1.165, 1.54) is 0 Å². The molecule has 1 heterocycles. The van der Waals surface area contributed by atoms with Gasteiger partial charge in [0, 0.05) is 28.7 Å². The number of carbonyl (C=O) groups is 2. The molecular formula is C24H27NO4. The summed E-state index contributed by atoms with van der Waals surface area (Å²) in [5.41, 5.74) is 3.01. The molecular weight excluding hydrogens is 366 g/mol. The summed E-state index contributed by atoms with van der Waals surface area (Å²) in [5, 5.41) is 0.784. The molecule has 0 N–H and O–H groups in total. The summed E-state index contributed by atoms with van der Waals surface area (Å²) in [7, 11) is 0. The predicted molar refractivity (Wildman–Crippen MR) is 114 cm³/mol. The first-order valence-electron chi connectivity index (χ1n) is 9.93. The lowest BCUT2D eigenvalue weighted by Gasteiger charge is -2.11. The van der Waals surface area contributed by atoms with Gasteiger partial charge in [0.15, 0.2) is 12.4 Å². The number of benzene rings is 2. The van der Waals surface area contributed by atoms with Gasteiger partial charge in [0.25, 0.3) is 0 Å². The Kier molecular flexibility index (Phi) is 6.37. The van der Waals surface area contributed by atoms with Crippen molar-refractivity contribution in [1.82, 2.24) is 4.57 Å². The van der Waals surface area contributed by atoms with Gasteiger partial charge in [-0.3, -0.25) is 4.79 Å². The van der Waals surface area contributed by atoms with Crippen LogP contribution in [0.2, 0.25) is 0 Å². The second-order valence-electron chi connectivity index (χ2n) is 7.44. The molecule has 0 amide bonds. The molecule has 0 saturated carbocycles. The van der Waals surface area contributed by atoms with Crippen molar-refractivity contribution in [3.63, 3.8) is 0 Å². The maximum atomic E-state index is 12.6. The van der Waals surface area contributed by atoms with Crippen LogP contribution >= 0.6 is 0 Å². The van der Waals surface area contributed by atoms with Gasteiger partial charge in [-0.1, -0.05) is 44.2 Å². The third kappa shape index (κ3) is 4.50. The number of ketones is 1. The number of carbonyl (C=O) groups excluding carboxylic acids is 2. The van der Waals surface area contributed by atoms with Crippen LogP contribution < -0.4 is 4.74 Å². The van der Waals surface area contributed by atoms with Gasteiger partial charge in [0.2, 0.25) is 0 Å². The maximum Gasteiger partial charge on any atom is 0.340 e. The minimum atomic E-state index is -0.338. The summed E-state index contributed by atoms with van der Waals surface area (Å²) in [6, 6.07) is 14.7. The third-order valence-electron chi connectivity index (χ3n) is 4.79. The quantitative estimate of drug-likeness (QED) is 0.397. The van der Waals surface area contributed by atoms with Gasteiger partial charge in [-0.2, -0.15) is 0 Å². The van der Waals surface area contributed by atoms with E-state index < -0.39 is 0 Å². The Morgan fingerprint density at radius 3 is 2.45 bits per heavy atom. The highest BCUT2D eigenvalue weighted by atomic mass is 16.5. The second-order valence-corrected chi connectivity index (χ2v) is 7.44. The first kappa shape index (κ1) is 20.6. The van der Waals surface area contributed by atoms with Crippen LogP contribution in [0.5, 0.6) is 5.75 Å². The molecule has 1 aromatic heterocycles. The number of fused-ring (bicyclic) bond motifs is 1. The molecule has 0 saturated heterocycles. The van der Waals surface area contributed by atoms with E-state index in [2.05, 4.69) is 18.4 Å². The lowest BCUT2D eigenvalue weighted by molar-refractivity contribution is 0.0527. The van der Waals surface area contributed by atoms with Crippen molar-refractivity contribution in [2.45, 2.75) is 34.2 Å². The van der Waals surface area contributed by atoms with E-state index in [1.54, 1.807) is 19.1 Å². The van der Waals surface area contributed by atoms with Crippen molar-refractivity contribution >= 4 is 22.7 Å². The van der Waals surface area contributed by atoms with Crippen LogP contribution in [0.4, 0.5) is 0 Å². The fraction of sp³-hybridized carbons (Fsp3) is 0.333. The fourth-order valence-electron chi connectivity index (χ4n) is 3.47. The number of rotatable bonds is 8. The molecule has 5 heteroatoms. The highest BCUT2D eigenvalue weighted by Gasteiger charge is 2.22. The van der Waals surface area contributed by atoms with Crippen LogP contribution in [0.25, 0.3) is 10.9 Å². The molecule has 0 atom stereocenters. The van der Waals surface area contributed by atoms with Gasteiger partial charge in [0.1, 0.15) is 5.75 Å². The number of Topliss-reactive ketones (excluding diaryl/α,β-unsaturated/α-hetero) is 1. The number of hydrogen-bond acceptors (Lipinski definition) is 4. The topological polar surface area (TPSA) is 57.5 Å². The van der Waals surface area contributed by atoms with E-state index in [0.29, 0.717) is 29.4 Å². The molecule has 0 radical (unpaired) electrons. The molecule has 0 unspecified atom stereocenters. The van der Waals surface area contributed by atoms with Crippen molar-refractivity contribution in [1.29, 1.82) is 0 Å². The summed E-state index contributed by atoms with van der Waals surface area (Å²) in [6.45, 7) is 9.07. The normalized spacial score (nSPS) is 11.1. The summed E-state index contributed by atoms with van der Waals surface area (Å²) >= 11 is 0. The van der Waals surface area contributed by atoms with Crippen LogP contribution in [0.1, 0.15) is 47.2 Å². The SMILES string of the molecule is CCOC(=O)c1c(C)n(CC(C)C)c2ccc(OCC(=O)c3ccccc3)cc12.